The minimum atomic E-state index is 0.608. The van der Waals surface area contributed by atoms with Gasteiger partial charge in [-0.2, -0.15) is 0 Å². The third kappa shape index (κ3) is 3.66. The SMILES string of the molecule is CCn1cc(-c2ccc(Cl)cc2Cl)nc1/C=C/c1ccccc1. The molecule has 0 N–H and O–H groups in total. The normalized spacial score (nSPS) is 11.3. The average Bonchev–Trinajstić information content (AvgIpc) is 2.97. The lowest BCUT2D eigenvalue weighted by Crippen LogP contribution is -1.94. The van der Waals surface area contributed by atoms with Crippen molar-refractivity contribution < 1.29 is 0 Å². The topological polar surface area (TPSA) is 17.8 Å². The van der Waals surface area contributed by atoms with Crippen molar-refractivity contribution in [2.45, 2.75) is 13.5 Å². The highest BCUT2D eigenvalue weighted by atomic mass is 35.5. The van der Waals surface area contributed by atoms with Gasteiger partial charge in [-0.25, -0.2) is 4.98 Å². The van der Waals surface area contributed by atoms with Crippen molar-refractivity contribution in [1.29, 1.82) is 0 Å². The summed E-state index contributed by atoms with van der Waals surface area (Å²) in [6.07, 6.45) is 6.09. The van der Waals surface area contributed by atoms with Gasteiger partial charge in [-0.15, -0.1) is 0 Å². The molecule has 0 aliphatic carbocycles. The number of nitrogens with zero attached hydrogens (tertiary/aromatic N) is 2. The largest absolute Gasteiger partial charge is 0.331 e. The molecule has 0 fully saturated rings. The minimum absolute atomic E-state index is 0.608. The van der Waals surface area contributed by atoms with Crippen LogP contribution in [0.3, 0.4) is 0 Å². The number of benzene rings is 2. The number of hydrogen-bond acceptors (Lipinski definition) is 1. The number of rotatable bonds is 4. The molecule has 0 aliphatic rings. The molecule has 1 aromatic heterocycles. The maximum atomic E-state index is 6.29. The van der Waals surface area contributed by atoms with Gasteiger partial charge >= 0.3 is 0 Å². The zero-order valence-corrected chi connectivity index (χ0v) is 14.2. The van der Waals surface area contributed by atoms with Gasteiger partial charge in [0.05, 0.1) is 10.7 Å². The Labute approximate surface area is 146 Å². The number of aromatic nitrogens is 2. The van der Waals surface area contributed by atoms with E-state index in [2.05, 4.69) is 29.7 Å². The highest BCUT2D eigenvalue weighted by Gasteiger charge is 2.10. The van der Waals surface area contributed by atoms with Crippen molar-refractivity contribution in [3.8, 4) is 11.3 Å². The van der Waals surface area contributed by atoms with Gasteiger partial charge in [-0.3, -0.25) is 0 Å². The van der Waals surface area contributed by atoms with Crippen LogP contribution in [0.4, 0.5) is 0 Å². The Balaban J connectivity index is 1.96. The zero-order valence-electron chi connectivity index (χ0n) is 12.7. The Kier molecular flexibility index (Phi) is 4.85. The maximum Gasteiger partial charge on any atom is 0.133 e. The molecule has 0 aliphatic heterocycles. The molecule has 0 unspecified atom stereocenters. The van der Waals surface area contributed by atoms with Crippen molar-refractivity contribution in [3.63, 3.8) is 0 Å². The highest BCUT2D eigenvalue weighted by Crippen LogP contribution is 2.30. The maximum absolute atomic E-state index is 6.29. The Hall–Kier alpha value is -2.03. The monoisotopic (exact) mass is 342 g/mol. The first-order chi connectivity index (χ1) is 11.2. The van der Waals surface area contributed by atoms with Crippen molar-refractivity contribution in [2.75, 3.05) is 0 Å². The second-order valence-corrected chi connectivity index (χ2v) is 5.98. The van der Waals surface area contributed by atoms with Gasteiger partial charge in [0.15, 0.2) is 0 Å². The second kappa shape index (κ2) is 7.03. The van der Waals surface area contributed by atoms with Crippen LogP contribution in [-0.2, 0) is 6.54 Å². The van der Waals surface area contributed by atoms with Crippen LogP contribution < -0.4 is 0 Å². The minimum Gasteiger partial charge on any atom is -0.331 e. The van der Waals surface area contributed by atoms with Crippen LogP contribution in [0.25, 0.3) is 23.4 Å². The van der Waals surface area contributed by atoms with E-state index in [1.807, 2.05) is 42.6 Å². The van der Waals surface area contributed by atoms with Crippen molar-refractivity contribution in [3.05, 3.63) is 76.2 Å². The summed E-state index contributed by atoms with van der Waals surface area (Å²) in [5, 5.41) is 1.23. The zero-order chi connectivity index (χ0) is 16.2. The molecule has 0 radical (unpaired) electrons. The summed E-state index contributed by atoms with van der Waals surface area (Å²) >= 11 is 12.3. The average molecular weight is 343 g/mol. The summed E-state index contributed by atoms with van der Waals surface area (Å²) in [5.41, 5.74) is 2.88. The molecule has 0 saturated carbocycles. The molecule has 23 heavy (non-hydrogen) atoms. The van der Waals surface area contributed by atoms with Gasteiger partial charge in [0.2, 0.25) is 0 Å². The summed E-state index contributed by atoms with van der Waals surface area (Å²) in [4.78, 5) is 4.71. The van der Waals surface area contributed by atoms with Crippen LogP contribution in [0.15, 0.2) is 54.7 Å². The molecule has 0 bridgehead atoms. The molecule has 2 aromatic carbocycles. The fourth-order valence-corrected chi connectivity index (χ4v) is 2.88. The van der Waals surface area contributed by atoms with Crippen molar-refractivity contribution in [1.82, 2.24) is 9.55 Å². The fraction of sp³-hybridized carbons (Fsp3) is 0.105. The highest BCUT2D eigenvalue weighted by molar-refractivity contribution is 6.36. The van der Waals surface area contributed by atoms with E-state index in [1.54, 1.807) is 6.07 Å². The Morgan fingerprint density at radius 1 is 1.04 bits per heavy atom. The van der Waals surface area contributed by atoms with Gasteiger partial charge in [-0.05, 0) is 36.8 Å². The molecule has 116 valence electrons. The van der Waals surface area contributed by atoms with Gasteiger partial charge in [0.1, 0.15) is 5.82 Å². The van der Waals surface area contributed by atoms with E-state index < -0.39 is 0 Å². The Bertz CT molecular complexity index is 836. The Morgan fingerprint density at radius 2 is 1.83 bits per heavy atom. The summed E-state index contributed by atoms with van der Waals surface area (Å²) in [6.45, 7) is 2.93. The van der Waals surface area contributed by atoms with E-state index in [4.69, 9.17) is 28.2 Å². The quantitative estimate of drug-likeness (QED) is 0.564. The van der Waals surface area contributed by atoms with Crippen LogP contribution in [0.5, 0.6) is 0 Å². The van der Waals surface area contributed by atoms with E-state index in [0.29, 0.717) is 10.0 Å². The number of imidazole rings is 1. The van der Waals surface area contributed by atoms with Crippen LogP contribution in [0, 0.1) is 0 Å². The van der Waals surface area contributed by atoms with E-state index in [1.165, 1.54) is 0 Å². The molecule has 2 nitrogen and oxygen atoms in total. The van der Waals surface area contributed by atoms with Gasteiger partial charge in [0, 0.05) is 23.3 Å². The number of hydrogen-bond donors (Lipinski definition) is 0. The molecular weight excluding hydrogens is 327 g/mol. The first kappa shape index (κ1) is 15.9. The summed E-state index contributed by atoms with van der Waals surface area (Å²) in [6, 6.07) is 15.6. The predicted molar refractivity (Wildman–Crippen MR) is 98.7 cm³/mol. The molecule has 3 aromatic rings. The van der Waals surface area contributed by atoms with Crippen LogP contribution in [-0.4, -0.2) is 9.55 Å². The van der Waals surface area contributed by atoms with E-state index in [-0.39, 0.29) is 0 Å². The lowest BCUT2D eigenvalue weighted by Gasteiger charge is -2.00. The number of aryl methyl sites for hydroxylation is 1. The van der Waals surface area contributed by atoms with E-state index in [9.17, 15) is 0 Å². The van der Waals surface area contributed by atoms with E-state index >= 15 is 0 Å². The van der Waals surface area contributed by atoms with Crippen molar-refractivity contribution >= 4 is 35.4 Å². The van der Waals surface area contributed by atoms with Crippen LogP contribution >= 0.6 is 23.2 Å². The standard InChI is InChI=1S/C19H16Cl2N2/c1-2-23-13-18(16-10-9-15(20)12-17(16)21)22-19(23)11-8-14-6-4-3-5-7-14/h3-13H,2H2,1H3/b11-8+. The van der Waals surface area contributed by atoms with Gasteiger partial charge < -0.3 is 4.57 Å². The first-order valence-electron chi connectivity index (χ1n) is 7.43. The smallest absolute Gasteiger partial charge is 0.133 e. The third-order valence-corrected chi connectivity index (χ3v) is 4.13. The first-order valence-corrected chi connectivity index (χ1v) is 8.18. The lowest BCUT2D eigenvalue weighted by molar-refractivity contribution is 0.753. The van der Waals surface area contributed by atoms with Gasteiger partial charge in [-0.1, -0.05) is 59.6 Å². The van der Waals surface area contributed by atoms with Crippen molar-refractivity contribution in [2.24, 2.45) is 0 Å². The lowest BCUT2D eigenvalue weighted by atomic mass is 10.2. The van der Waals surface area contributed by atoms with Crippen LogP contribution in [0.2, 0.25) is 10.0 Å². The molecule has 0 atom stereocenters. The predicted octanol–water partition coefficient (Wildman–Crippen LogP) is 6.05. The molecule has 0 spiro atoms. The third-order valence-electron chi connectivity index (χ3n) is 3.58. The van der Waals surface area contributed by atoms with E-state index in [0.717, 1.165) is 29.2 Å². The number of halogens is 2. The molecular formula is C19H16Cl2N2. The summed E-state index contributed by atoms with van der Waals surface area (Å²) in [7, 11) is 0. The molecule has 1 heterocycles. The second-order valence-electron chi connectivity index (χ2n) is 5.14. The summed E-state index contributed by atoms with van der Waals surface area (Å²) in [5.74, 6) is 0.900. The van der Waals surface area contributed by atoms with Crippen LogP contribution in [0.1, 0.15) is 18.3 Å². The summed E-state index contributed by atoms with van der Waals surface area (Å²) < 4.78 is 2.10. The van der Waals surface area contributed by atoms with Gasteiger partial charge in [0.25, 0.3) is 0 Å². The Morgan fingerprint density at radius 3 is 2.52 bits per heavy atom. The molecule has 0 saturated heterocycles. The molecule has 4 heteroatoms. The fourth-order valence-electron chi connectivity index (χ4n) is 2.38. The molecule has 3 rings (SSSR count). The molecule has 0 amide bonds.